The number of carbonyl (C=O) groups excluding carboxylic acids is 1. The van der Waals surface area contributed by atoms with Gasteiger partial charge in [0.05, 0.1) is 25.7 Å². The number of amides is 1. The van der Waals surface area contributed by atoms with Crippen LogP contribution in [0.5, 0.6) is 5.75 Å². The number of anilines is 1. The minimum Gasteiger partial charge on any atom is -0.497 e. The average molecular weight is 356 g/mol. The third-order valence-electron chi connectivity index (χ3n) is 4.50. The summed E-state index contributed by atoms with van der Waals surface area (Å²) >= 11 is 0. The van der Waals surface area contributed by atoms with Crippen molar-refractivity contribution in [3.05, 3.63) is 48.3 Å². The summed E-state index contributed by atoms with van der Waals surface area (Å²) in [5, 5.41) is 13.7. The fourth-order valence-electron chi connectivity index (χ4n) is 3.18. The molecule has 0 radical (unpaired) electrons. The lowest BCUT2D eigenvalue weighted by Crippen LogP contribution is -2.54. The first-order valence-corrected chi connectivity index (χ1v) is 8.72. The van der Waals surface area contributed by atoms with E-state index in [0.717, 1.165) is 24.3 Å². The number of rotatable bonds is 6. The Morgan fingerprint density at radius 2 is 2.15 bits per heavy atom. The van der Waals surface area contributed by atoms with Crippen molar-refractivity contribution in [2.75, 3.05) is 31.6 Å². The van der Waals surface area contributed by atoms with E-state index in [1.165, 1.54) is 0 Å². The fraction of sp³-hybridized carbons (Fsp3) is 0.421. The summed E-state index contributed by atoms with van der Waals surface area (Å²) < 4.78 is 5.17. The second-order valence-electron chi connectivity index (χ2n) is 6.60. The highest BCUT2D eigenvalue weighted by molar-refractivity contribution is 5.78. The average Bonchev–Trinajstić information content (AvgIpc) is 2.67. The highest BCUT2D eigenvalue weighted by atomic mass is 16.5. The lowest BCUT2D eigenvalue weighted by molar-refractivity contribution is -0.121. The van der Waals surface area contributed by atoms with Gasteiger partial charge < -0.3 is 20.1 Å². The molecule has 0 spiro atoms. The van der Waals surface area contributed by atoms with Gasteiger partial charge in [0.25, 0.3) is 0 Å². The van der Waals surface area contributed by atoms with Crippen LogP contribution in [0.15, 0.2) is 42.7 Å². The molecule has 0 saturated carbocycles. The van der Waals surface area contributed by atoms with Crippen LogP contribution < -0.4 is 15.0 Å². The Balaban J connectivity index is 1.55. The van der Waals surface area contributed by atoms with E-state index in [2.05, 4.69) is 15.3 Å². The van der Waals surface area contributed by atoms with E-state index in [-0.39, 0.29) is 18.9 Å². The number of aliphatic hydroxyl groups is 1. The molecule has 2 aromatic rings. The van der Waals surface area contributed by atoms with Crippen LogP contribution in [-0.2, 0) is 11.2 Å². The number of piperidine rings is 1. The van der Waals surface area contributed by atoms with Crippen LogP contribution in [0.25, 0.3) is 0 Å². The van der Waals surface area contributed by atoms with E-state index < -0.39 is 5.60 Å². The van der Waals surface area contributed by atoms with Gasteiger partial charge in [-0.05, 0) is 36.6 Å². The number of carbonyl (C=O) groups is 1. The summed E-state index contributed by atoms with van der Waals surface area (Å²) in [6, 6.07) is 9.17. The zero-order valence-corrected chi connectivity index (χ0v) is 14.9. The van der Waals surface area contributed by atoms with Gasteiger partial charge in [-0.15, -0.1) is 0 Å². The Hall–Kier alpha value is -2.67. The predicted molar refractivity (Wildman–Crippen MR) is 98.1 cm³/mol. The molecule has 0 aliphatic carbocycles. The molecule has 1 saturated heterocycles. The van der Waals surface area contributed by atoms with Crippen molar-refractivity contribution in [3.63, 3.8) is 0 Å². The summed E-state index contributed by atoms with van der Waals surface area (Å²) in [7, 11) is 1.60. The number of ether oxygens (including phenoxy) is 1. The zero-order valence-electron chi connectivity index (χ0n) is 14.9. The van der Waals surface area contributed by atoms with E-state index in [9.17, 15) is 9.90 Å². The van der Waals surface area contributed by atoms with Crippen molar-refractivity contribution in [1.29, 1.82) is 0 Å². The van der Waals surface area contributed by atoms with E-state index in [1.807, 2.05) is 29.2 Å². The molecule has 1 aliphatic rings. The third-order valence-corrected chi connectivity index (χ3v) is 4.50. The number of hydrogen-bond donors (Lipinski definition) is 2. The Bertz CT molecular complexity index is 741. The van der Waals surface area contributed by atoms with Gasteiger partial charge in [0.2, 0.25) is 11.9 Å². The van der Waals surface area contributed by atoms with Gasteiger partial charge in [-0.3, -0.25) is 4.79 Å². The molecule has 7 nitrogen and oxygen atoms in total. The lowest BCUT2D eigenvalue weighted by atomic mass is 9.93. The van der Waals surface area contributed by atoms with Crippen LogP contribution in [0.1, 0.15) is 18.4 Å². The smallest absolute Gasteiger partial charge is 0.225 e. The molecule has 1 amide bonds. The first kappa shape index (κ1) is 18.1. The molecule has 26 heavy (non-hydrogen) atoms. The van der Waals surface area contributed by atoms with Crippen molar-refractivity contribution in [2.45, 2.75) is 24.9 Å². The minimum absolute atomic E-state index is 0.125. The molecule has 7 heteroatoms. The number of hydrogen-bond acceptors (Lipinski definition) is 6. The maximum absolute atomic E-state index is 12.2. The topological polar surface area (TPSA) is 87.6 Å². The SMILES string of the molecule is COc1cccc(CC(=O)NCC2(O)CCCN(c3ncccn3)C2)c1. The van der Waals surface area contributed by atoms with Gasteiger partial charge in [0.1, 0.15) is 5.75 Å². The minimum atomic E-state index is -0.985. The molecule has 1 aromatic heterocycles. The number of nitrogens with zero attached hydrogens (tertiary/aromatic N) is 3. The number of aromatic nitrogens is 2. The Labute approximate surface area is 153 Å². The van der Waals surface area contributed by atoms with Crippen molar-refractivity contribution in [1.82, 2.24) is 15.3 Å². The normalized spacial score (nSPS) is 19.8. The van der Waals surface area contributed by atoms with E-state index in [0.29, 0.717) is 18.9 Å². The molecule has 1 fully saturated rings. The van der Waals surface area contributed by atoms with Crippen molar-refractivity contribution in [3.8, 4) is 5.75 Å². The van der Waals surface area contributed by atoms with Gasteiger partial charge >= 0.3 is 0 Å². The molecule has 2 heterocycles. The molecular formula is C19H24N4O3. The Morgan fingerprint density at radius 1 is 1.35 bits per heavy atom. The second kappa shape index (κ2) is 8.14. The van der Waals surface area contributed by atoms with Crippen LogP contribution >= 0.6 is 0 Å². The van der Waals surface area contributed by atoms with Crippen LogP contribution in [0, 0.1) is 0 Å². The molecule has 2 N–H and O–H groups in total. The fourth-order valence-corrected chi connectivity index (χ4v) is 3.18. The maximum Gasteiger partial charge on any atom is 0.225 e. The Morgan fingerprint density at radius 3 is 2.92 bits per heavy atom. The maximum atomic E-state index is 12.2. The van der Waals surface area contributed by atoms with Crippen molar-refractivity contribution >= 4 is 11.9 Å². The zero-order chi connectivity index (χ0) is 18.4. The Kier molecular flexibility index (Phi) is 5.68. The van der Waals surface area contributed by atoms with Gasteiger partial charge in [-0.1, -0.05) is 12.1 Å². The number of methoxy groups -OCH3 is 1. The summed E-state index contributed by atoms with van der Waals surface area (Å²) in [5.74, 6) is 1.20. The van der Waals surface area contributed by atoms with Crippen molar-refractivity contribution in [2.24, 2.45) is 0 Å². The summed E-state index contributed by atoms with van der Waals surface area (Å²) in [5.41, 5.74) is -0.113. The summed E-state index contributed by atoms with van der Waals surface area (Å²) in [6.07, 6.45) is 5.08. The molecular weight excluding hydrogens is 332 g/mol. The predicted octanol–water partition coefficient (Wildman–Crippen LogP) is 1.18. The van der Waals surface area contributed by atoms with E-state index >= 15 is 0 Å². The molecule has 1 aromatic carbocycles. The number of nitrogens with one attached hydrogen (secondary N) is 1. The van der Waals surface area contributed by atoms with E-state index in [4.69, 9.17) is 4.74 Å². The second-order valence-corrected chi connectivity index (χ2v) is 6.60. The largest absolute Gasteiger partial charge is 0.497 e. The van der Waals surface area contributed by atoms with Gasteiger partial charge in [-0.25, -0.2) is 9.97 Å². The molecule has 0 bridgehead atoms. The monoisotopic (exact) mass is 356 g/mol. The first-order valence-electron chi connectivity index (χ1n) is 8.72. The van der Waals surface area contributed by atoms with E-state index in [1.54, 1.807) is 25.6 Å². The van der Waals surface area contributed by atoms with Crippen LogP contribution in [0.2, 0.25) is 0 Å². The molecule has 1 unspecified atom stereocenters. The van der Waals surface area contributed by atoms with Crippen molar-refractivity contribution < 1.29 is 14.6 Å². The lowest BCUT2D eigenvalue weighted by Gasteiger charge is -2.39. The number of benzene rings is 1. The van der Waals surface area contributed by atoms with Crippen LogP contribution in [-0.4, -0.2) is 53.3 Å². The summed E-state index contributed by atoms with van der Waals surface area (Å²) in [6.45, 7) is 1.40. The standard InChI is InChI=1S/C19H24N4O3/c1-26-16-6-2-5-15(11-16)12-17(24)22-13-19(25)7-3-10-23(14-19)18-20-8-4-9-21-18/h2,4-6,8-9,11,25H,3,7,10,12-14H2,1H3,(H,22,24). The molecule has 1 aliphatic heterocycles. The third kappa shape index (κ3) is 4.70. The molecule has 1 atom stereocenters. The first-order chi connectivity index (χ1) is 12.6. The van der Waals surface area contributed by atoms with Gasteiger partial charge in [0.15, 0.2) is 0 Å². The number of β-amino-alcohol motifs (C(OH)–C–C–N with tert-alkyl or cyclic N) is 1. The molecule has 138 valence electrons. The molecule has 3 rings (SSSR count). The highest BCUT2D eigenvalue weighted by Crippen LogP contribution is 2.23. The highest BCUT2D eigenvalue weighted by Gasteiger charge is 2.34. The van der Waals surface area contributed by atoms with Crippen LogP contribution in [0.4, 0.5) is 5.95 Å². The van der Waals surface area contributed by atoms with Gasteiger partial charge in [-0.2, -0.15) is 0 Å². The quantitative estimate of drug-likeness (QED) is 0.808. The van der Waals surface area contributed by atoms with Crippen LogP contribution in [0.3, 0.4) is 0 Å². The van der Waals surface area contributed by atoms with Gasteiger partial charge in [0, 0.05) is 25.5 Å². The summed E-state index contributed by atoms with van der Waals surface area (Å²) in [4.78, 5) is 22.7.